The van der Waals surface area contributed by atoms with Gasteiger partial charge in [-0.15, -0.1) is 0 Å². The fourth-order valence-electron chi connectivity index (χ4n) is 7.06. The molecule has 144 valence electrons. The first kappa shape index (κ1) is 16.4. The van der Waals surface area contributed by atoms with E-state index in [1.54, 1.807) is 7.11 Å². The molecule has 5 atom stereocenters. The Morgan fingerprint density at radius 3 is 2.89 bits per heavy atom. The number of ketones is 1. The van der Waals surface area contributed by atoms with Crippen LogP contribution >= 0.6 is 0 Å². The predicted molar refractivity (Wildman–Crippen MR) is 102 cm³/mol. The van der Waals surface area contributed by atoms with Crippen LogP contribution in [0.25, 0.3) is 0 Å². The second-order valence-corrected chi connectivity index (χ2v) is 9.49. The molecule has 1 spiro atoms. The molecule has 4 nitrogen and oxygen atoms in total. The second kappa shape index (κ2) is 5.50. The number of rotatable bonds is 4. The van der Waals surface area contributed by atoms with Crippen LogP contribution in [-0.4, -0.2) is 43.0 Å². The monoisotopic (exact) mass is 367 g/mol. The number of hydrogen-bond donors (Lipinski definition) is 0. The zero-order valence-electron chi connectivity index (χ0n) is 16.4. The molecule has 0 unspecified atom stereocenters. The van der Waals surface area contributed by atoms with E-state index in [1.807, 2.05) is 6.07 Å². The van der Waals surface area contributed by atoms with Gasteiger partial charge in [-0.1, -0.05) is 19.4 Å². The van der Waals surface area contributed by atoms with Crippen LogP contribution in [0.2, 0.25) is 0 Å². The summed E-state index contributed by atoms with van der Waals surface area (Å²) >= 11 is 0. The van der Waals surface area contributed by atoms with Crippen molar-refractivity contribution in [1.82, 2.24) is 4.90 Å². The molecule has 0 radical (unpaired) electrons. The molecule has 27 heavy (non-hydrogen) atoms. The van der Waals surface area contributed by atoms with Gasteiger partial charge in [0.25, 0.3) is 0 Å². The summed E-state index contributed by atoms with van der Waals surface area (Å²) in [5.74, 6) is 3.93. The van der Waals surface area contributed by atoms with Crippen LogP contribution < -0.4 is 9.47 Å². The second-order valence-electron chi connectivity index (χ2n) is 9.49. The molecule has 4 heteroatoms. The van der Waals surface area contributed by atoms with Crippen LogP contribution in [0.4, 0.5) is 0 Å². The topological polar surface area (TPSA) is 38.8 Å². The molecule has 6 rings (SSSR count). The minimum Gasteiger partial charge on any atom is -0.493 e. The van der Waals surface area contributed by atoms with E-state index >= 15 is 0 Å². The van der Waals surface area contributed by atoms with Crippen molar-refractivity contribution >= 4 is 5.78 Å². The van der Waals surface area contributed by atoms with Crippen LogP contribution in [0.15, 0.2) is 12.1 Å². The third kappa shape index (κ3) is 2.00. The smallest absolute Gasteiger partial charge is 0.174 e. The summed E-state index contributed by atoms with van der Waals surface area (Å²) in [5.41, 5.74) is 2.63. The van der Waals surface area contributed by atoms with E-state index < -0.39 is 0 Å². The van der Waals surface area contributed by atoms with Crippen molar-refractivity contribution in [2.45, 2.75) is 63.0 Å². The Balaban J connectivity index is 1.55. The Bertz CT molecular complexity index is 816. The average molecular weight is 367 g/mol. The van der Waals surface area contributed by atoms with Crippen molar-refractivity contribution in [2.24, 2.45) is 17.8 Å². The normalized spacial score (nSPS) is 39.1. The highest BCUT2D eigenvalue weighted by atomic mass is 16.5. The van der Waals surface area contributed by atoms with E-state index in [0.29, 0.717) is 30.1 Å². The van der Waals surface area contributed by atoms with Gasteiger partial charge in [-0.05, 0) is 61.6 Å². The molecule has 5 aliphatic rings. The highest BCUT2D eigenvalue weighted by Crippen LogP contribution is 2.64. The van der Waals surface area contributed by atoms with E-state index in [9.17, 15) is 4.79 Å². The number of benzene rings is 1. The first-order chi connectivity index (χ1) is 13.2. The van der Waals surface area contributed by atoms with Crippen LogP contribution in [0.1, 0.15) is 50.2 Å². The fourth-order valence-corrected chi connectivity index (χ4v) is 7.06. The van der Waals surface area contributed by atoms with Crippen molar-refractivity contribution in [1.29, 1.82) is 0 Å². The molecule has 2 bridgehead atoms. The van der Waals surface area contributed by atoms with Gasteiger partial charge in [0.15, 0.2) is 23.4 Å². The molecule has 0 N–H and O–H groups in total. The lowest BCUT2D eigenvalue weighted by molar-refractivity contribution is -0.145. The van der Waals surface area contributed by atoms with Crippen molar-refractivity contribution in [3.8, 4) is 11.5 Å². The quantitative estimate of drug-likeness (QED) is 0.818. The average Bonchev–Trinajstić information content (AvgIpc) is 3.42. The zero-order chi connectivity index (χ0) is 18.3. The fraction of sp³-hybridized carbons (Fsp3) is 0.696. The lowest BCUT2D eigenvalue weighted by Gasteiger charge is -2.60. The van der Waals surface area contributed by atoms with Crippen molar-refractivity contribution < 1.29 is 14.3 Å². The number of likely N-dealkylation sites (tertiary alicyclic amines) is 1. The van der Waals surface area contributed by atoms with Gasteiger partial charge in [-0.25, -0.2) is 0 Å². The standard InChI is InChI=1S/C23H29NO3/c1-3-14-11-17(25)22-23-8-9-24(12-13-4-5-13)16(19(14)23)10-15-6-7-18(26-2)21(27-22)20(15)23/h6-7,13-14,16,19,22H,3-5,8-12H2,1-2H3/t14-,16-,19+,22+,23+/m1/s1. The largest absolute Gasteiger partial charge is 0.493 e. The van der Waals surface area contributed by atoms with Gasteiger partial charge in [0.1, 0.15) is 0 Å². The third-order valence-corrected chi connectivity index (χ3v) is 8.29. The van der Waals surface area contributed by atoms with E-state index in [1.165, 1.54) is 30.5 Å². The van der Waals surface area contributed by atoms with Crippen molar-refractivity contribution in [3.63, 3.8) is 0 Å². The van der Waals surface area contributed by atoms with Gasteiger partial charge < -0.3 is 9.47 Å². The summed E-state index contributed by atoms with van der Waals surface area (Å²) in [6.45, 7) is 4.64. The summed E-state index contributed by atoms with van der Waals surface area (Å²) in [6.07, 6.45) is 6.45. The maximum absolute atomic E-state index is 13.2. The molecule has 0 aromatic heterocycles. The Hall–Kier alpha value is -1.55. The number of methoxy groups -OCH3 is 1. The molecular weight excluding hydrogens is 338 g/mol. The van der Waals surface area contributed by atoms with Gasteiger partial charge in [0, 0.05) is 30.0 Å². The minimum atomic E-state index is -0.291. The molecule has 2 heterocycles. The molecule has 3 fully saturated rings. The van der Waals surface area contributed by atoms with Crippen LogP contribution in [0.5, 0.6) is 11.5 Å². The molecule has 2 aliphatic heterocycles. The number of nitrogens with zero attached hydrogens (tertiary/aromatic N) is 1. The lowest BCUT2D eigenvalue weighted by atomic mass is 9.48. The first-order valence-electron chi connectivity index (χ1n) is 10.8. The van der Waals surface area contributed by atoms with Gasteiger partial charge in [0.2, 0.25) is 0 Å². The Morgan fingerprint density at radius 1 is 1.30 bits per heavy atom. The Labute approximate surface area is 161 Å². The van der Waals surface area contributed by atoms with E-state index in [4.69, 9.17) is 9.47 Å². The van der Waals surface area contributed by atoms with E-state index in [0.717, 1.165) is 43.2 Å². The molecular formula is C23H29NO3. The van der Waals surface area contributed by atoms with Crippen LogP contribution in [0.3, 0.4) is 0 Å². The maximum Gasteiger partial charge on any atom is 0.174 e. The number of ether oxygens (including phenoxy) is 2. The molecule has 2 saturated carbocycles. The predicted octanol–water partition coefficient (Wildman–Crippen LogP) is 3.35. The number of carbonyl (C=O) groups excluding carboxylic acids is 1. The summed E-state index contributed by atoms with van der Waals surface area (Å²) in [6, 6.07) is 4.86. The molecule has 1 saturated heterocycles. The highest BCUT2D eigenvalue weighted by Gasteiger charge is 2.68. The summed E-state index contributed by atoms with van der Waals surface area (Å²) in [7, 11) is 1.71. The number of Topliss-reactive ketones (excluding diaryl/α,β-unsaturated/α-hetero) is 1. The highest BCUT2D eigenvalue weighted by molar-refractivity contribution is 5.89. The zero-order valence-corrected chi connectivity index (χ0v) is 16.4. The Kier molecular flexibility index (Phi) is 3.34. The van der Waals surface area contributed by atoms with Crippen molar-refractivity contribution in [3.05, 3.63) is 23.3 Å². The summed E-state index contributed by atoms with van der Waals surface area (Å²) in [5, 5.41) is 0. The van der Waals surface area contributed by atoms with Gasteiger partial charge in [-0.2, -0.15) is 0 Å². The maximum atomic E-state index is 13.2. The van der Waals surface area contributed by atoms with Crippen LogP contribution in [0, 0.1) is 17.8 Å². The molecule has 1 aromatic rings. The first-order valence-corrected chi connectivity index (χ1v) is 10.8. The van der Waals surface area contributed by atoms with Crippen molar-refractivity contribution in [2.75, 3.05) is 20.2 Å². The minimum absolute atomic E-state index is 0.113. The number of piperidine rings is 1. The van der Waals surface area contributed by atoms with Gasteiger partial charge in [-0.3, -0.25) is 9.69 Å². The number of hydrogen-bond acceptors (Lipinski definition) is 4. The number of carbonyl (C=O) groups is 1. The van der Waals surface area contributed by atoms with Crippen LogP contribution in [-0.2, 0) is 16.6 Å². The molecule has 3 aliphatic carbocycles. The van der Waals surface area contributed by atoms with Gasteiger partial charge >= 0.3 is 0 Å². The Morgan fingerprint density at radius 2 is 2.15 bits per heavy atom. The van der Waals surface area contributed by atoms with E-state index in [2.05, 4.69) is 17.9 Å². The lowest BCUT2D eigenvalue weighted by Crippen LogP contribution is -2.68. The summed E-state index contributed by atoms with van der Waals surface area (Å²) < 4.78 is 12.1. The third-order valence-electron chi connectivity index (χ3n) is 8.29. The SMILES string of the molecule is CC[C@@H]1CC(=O)[C@@H]2Oc3c(OC)ccc4c3[C@@]23CCN(CC2CC2)[C@H](C4)[C@H]13. The molecule has 0 amide bonds. The van der Waals surface area contributed by atoms with E-state index in [-0.39, 0.29) is 11.5 Å². The van der Waals surface area contributed by atoms with Gasteiger partial charge in [0.05, 0.1) is 7.11 Å². The molecule has 1 aromatic carbocycles. The summed E-state index contributed by atoms with van der Waals surface area (Å²) in [4.78, 5) is 16.0.